The second-order valence-corrected chi connectivity index (χ2v) is 3.49. The number of hydrogen-bond acceptors (Lipinski definition) is 1. The van der Waals surface area contributed by atoms with E-state index in [9.17, 15) is 0 Å². The molecule has 0 unspecified atom stereocenters. The van der Waals surface area contributed by atoms with E-state index >= 15 is 0 Å². The first-order chi connectivity index (χ1) is 6.27. The largest absolute Gasteiger partial charge is 0.316 e. The molecule has 0 radical (unpaired) electrons. The second kappa shape index (κ2) is 9.35. The molecule has 1 nitrogen and oxygen atoms in total. The maximum atomic E-state index is 3.39. The SMILES string of the molecule is CC#CCC=CCCNCC(C)C. The third-order valence-electron chi connectivity index (χ3n) is 1.60. The van der Waals surface area contributed by atoms with E-state index in [1.54, 1.807) is 0 Å². The molecule has 0 bridgehead atoms. The van der Waals surface area contributed by atoms with Crippen LogP contribution in [0.2, 0.25) is 0 Å². The molecular formula is C12H21N. The Bertz CT molecular complexity index is 181. The van der Waals surface area contributed by atoms with Crippen LogP contribution < -0.4 is 5.32 Å². The maximum absolute atomic E-state index is 3.39. The zero-order chi connectivity index (χ0) is 9.94. The van der Waals surface area contributed by atoms with Crippen molar-refractivity contribution >= 4 is 0 Å². The van der Waals surface area contributed by atoms with Crippen LogP contribution in [0.15, 0.2) is 12.2 Å². The van der Waals surface area contributed by atoms with Crippen LogP contribution in [0.3, 0.4) is 0 Å². The summed E-state index contributed by atoms with van der Waals surface area (Å²) in [6, 6.07) is 0. The van der Waals surface area contributed by atoms with Gasteiger partial charge in [-0.25, -0.2) is 0 Å². The van der Waals surface area contributed by atoms with E-state index in [1.165, 1.54) is 0 Å². The molecule has 0 aromatic heterocycles. The molecule has 1 heteroatoms. The maximum Gasteiger partial charge on any atom is 0.0269 e. The van der Waals surface area contributed by atoms with Crippen LogP contribution in [0.4, 0.5) is 0 Å². The molecule has 0 amide bonds. The number of rotatable bonds is 6. The summed E-state index contributed by atoms with van der Waals surface area (Å²) in [6.07, 6.45) is 6.32. The van der Waals surface area contributed by atoms with Crippen molar-refractivity contribution in [2.75, 3.05) is 13.1 Å². The van der Waals surface area contributed by atoms with Gasteiger partial charge < -0.3 is 5.32 Å². The third kappa shape index (κ3) is 11.3. The van der Waals surface area contributed by atoms with Gasteiger partial charge in [0.1, 0.15) is 0 Å². The van der Waals surface area contributed by atoms with Gasteiger partial charge in [0.05, 0.1) is 0 Å². The average molecular weight is 179 g/mol. The molecule has 0 saturated carbocycles. The normalized spacial score (nSPS) is 10.5. The van der Waals surface area contributed by atoms with E-state index in [0.29, 0.717) is 0 Å². The molecule has 0 rings (SSSR count). The Morgan fingerprint density at radius 3 is 2.69 bits per heavy atom. The van der Waals surface area contributed by atoms with Gasteiger partial charge in [-0.05, 0) is 32.4 Å². The van der Waals surface area contributed by atoms with E-state index in [-0.39, 0.29) is 0 Å². The lowest BCUT2D eigenvalue weighted by atomic mass is 10.2. The van der Waals surface area contributed by atoms with Crippen LogP contribution in [0.1, 0.15) is 33.6 Å². The lowest BCUT2D eigenvalue weighted by Gasteiger charge is -2.04. The zero-order valence-electron chi connectivity index (χ0n) is 9.06. The van der Waals surface area contributed by atoms with Crippen molar-refractivity contribution in [2.45, 2.75) is 33.6 Å². The Hall–Kier alpha value is -0.740. The summed E-state index contributed by atoms with van der Waals surface area (Å²) in [4.78, 5) is 0. The van der Waals surface area contributed by atoms with Crippen LogP contribution >= 0.6 is 0 Å². The lowest BCUT2D eigenvalue weighted by molar-refractivity contribution is 0.557. The molecule has 0 aromatic rings. The van der Waals surface area contributed by atoms with E-state index in [4.69, 9.17) is 0 Å². The molecule has 0 saturated heterocycles. The first-order valence-electron chi connectivity index (χ1n) is 5.02. The first kappa shape index (κ1) is 12.3. The molecule has 0 atom stereocenters. The van der Waals surface area contributed by atoms with Crippen molar-refractivity contribution in [3.63, 3.8) is 0 Å². The Balaban J connectivity index is 3.14. The van der Waals surface area contributed by atoms with Crippen molar-refractivity contribution in [3.8, 4) is 11.8 Å². The molecule has 13 heavy (non-hydrogen) atoms. The molecule has 0 spiro atoms. The van der Waals surface area contributed by atoms with E-state index in [0.717, 1.165) is 31.8 Å². The number of nitrogens with one attached hydrogen (secondary N) is 1. The van der Waals surface area contributed by atoms with Crippen molar-refractivity contribution < 1.29 is 0 Å². The average Bonchev–Trinajstić information content (AvgIpc) is 2.09. The van der Waals surface area contributed by atoms with Gasteiger partial charge in [-0.2, -0.15) is 0 Å². The Morgan fingerprint density at radius 1 is 1.31 bits per heavy atom. The summed E-state index contributed by atoms with van der Waals surface area (Å²) in [6.45, 7) is 8.51. The summed E-state index contributed by atoms with van der Waals surface area (Å²) in [5.41, 5.74) is 0. The van der Waals surface area contributed by atoms with Gasteiger partial charge >= 0.3 is 0 Å². The molecule has 74 valence electrons. The van der Waals surface area contributed by atoms with E-state index in [1.807, 2.05) is 6.92 Å². The second-order valence-electron chi connectivity index (χ2n) is 3.49. The molecule has 1 N–H and O–H groups in total. The van der Waals surface area contributed by atoms with Gasteiger partial charge in [0.2, 0.25) is 0 Å². The topological polar surface area (TPSA) is 12.0 Å². The molecule has 0 aromatic carbocycles. The highest BCUT2D eigenvalue weighted by Gasteiger charge is 1.89. The highest BCUT2D eigenvalue weighted by molar-refractivity contribution is 5.02. The van der Waals surface area contributed by atoms with Crippen molar-refractivity contribution in [1.29, 1.82) is 0 Å². The molecule has 0 aliphatic carbocycles. The molecule has 0 heterocycles. The molecule has 0 aliphatic heterocycles. The van der Waals surface area contributed by atoms with Crippen LogP contribution in [-0.4, -0.2) is 13.1 Å². The highest BCUT2D eigenvalue weighted by atomic mass is 14.8. The minimum atomic E-state index is 0.745. The quantitative estimate of drug-likeness (QED) is 0.375. The predicted molar refractivity (Wildman–Crippen MR) is 59.5 cm³/mol. The summed E-state index contributed by atoms with van der Waals surface area (Å²) in [5, 5.41) is 3.39. The van der Waals surface area contributed by atoms with Gasteiger partial charge in [-0.3, -0.25) is 0 Å². The zero-order valence-corrected chi connectivity index (χ0v) is 9.06. The molecule has 0 aliphatic rings. The fourth-order valence-corrected chi connectivity index (χ4v) is 0.938. The summed E-state index contributed by atoms with van der Waals surface area (Å²) in [5.74, 6) is 6.61. The van der Waals surface area contributed by atoms with Gasteiger partial charge in [0, 0.05) is 6.42 Å². The van der Waals surface area contributed by atoms with Crippen molar-refractivity contribution in [3.05, 3.63) is 12.2 Å². The summed E-state index contributed by atoms with van der Waals surface area (Å²) >= 11 is 0. The Morgan fingerprint density at radius 2 is 2.08 bits per heavy atom. The lowest BCUT2D eigenvalue weighted by Crippen LogP contribution is -2.20. The summed E-state index contributed by atoms with van der Waals surface area (Å²) in [7, 11) is 0. The number of allylic oxidation sites excluding steroid dienone is 1. The van der Waals surface area contributed by atoms with Crippen LogP contribution in [-0.2, 0) is 0 Å². The fourth-order valence-electron chi connectivity index (χ4n) is 0.938. The molecule has 0 fully saturated rings. The van der Waals surface area contributed by atoms with Crippen LogP contribution in [0.25, 0.3) is 0 Å². The summed E-state index contributed by atoms with van der Waals surface area (Å²) < 4.78 is 0. The highest BCUT2D eigenvalue weighted by Crippen LogP contribution is 1.88. The first-order valence-corrected chi connectivity index (χ1v) is 5.02. The smallest absolute Gasteiger partial charge is 0.0269 e. The standard InChI is InChI=1S/C12H21N/c1-4-5-6-7-8-9-10-13-11-12(2)3/h7-8,12-13H,6,9-11H2,1-3H3. The minimum absolute atomic E-state index is 0.745. The Labute approximate surface area is 82.6 Å². The fraction of sp³-hybridized carbons (Fsp3) is 0.667. The van der Waals surface area contributed by atoms with Gasteiger partial charge in [-0.15, -0.1) is 5.92 Å². The molecular weight excluding hydrogens is 158 g/mol. The van der Waals surface area contributed by atoms with Crippen LogP contribution in [0, 0.1) is 17.8 Å². The minimum Gasteiger partial charge on any atom is -0.316 e. The predicted octanol–water partition coefficient (Wildman–Crippen LogP) is 2.59. The van der Waals surface area contributed by atoms with E-state index in [2.05, 4.69) is 43.2 Å². The van der Waals surface area contributed by atoms with Crippen molar-refractivity contribution in [2.24, 2.45) is 5.92 Å². The number of hydrogen-bond donors (Lipinski definition) is 1. The van der Waals surface area contributed by atoms with Crippen LogP contribution in [0.5, 0.6) is 0 Å². The van der Waals surface area contributed by atoms with E-state index < -0.39 is 0 Å². The van der Waals surface area contributed by atoms with Gasteiger partial charge in [0.25, 0.3) is 0 Å². The Kier molecular flexibility index (Phi) is 8.82. The van der Waals surface area contributed by atoms with Crippen molar-refractivity contribution in [1.82, 2.24) is 5.32 Å². The van der Waals surface area contributed by atoms with Gasteiger partial charge in [-0.1, -0.05) is 31.9 Å². The van der Waals surface area contributed by atoms with Gasteiger partial charge in [0.15, 0.2) is 0 Å². The third-order valence-corrected chi connectivity index (χ3v) is 1.60. The monoisotopic (exact) mass is 179 g/mol.